The van der Waals surface area contributed by atoms with Crippen molar-refractivity contribution in [1.29, 1.82) is 0 Å². The third-order valence-corrected chi connectivity index (χ3v) is 3.29. The van der Waals surface area contributed by atoms with Crippen LogP contribution < -0.4 is 10.6 Å². The first-order valence-electron chi connectivity index (χ1n) is 6.05. The first-order chi connectivity index (χ1) is 8.35. The molecule has 1 aliphatic heterocycles. The maximum absolute atomic E-state index is 12.2. The molecule has 1 atom stereocenters. The van der Waals surface area contributed by atoms with Gasteiger partial charge in [-0.05, 0) is 33.8 Å². The number of hydrogen-bond acceptors (Lipinski definition) is 3. The fraction of sp³-hybridized carbons (Fsp3) is 0.538. The molecule has 2 rings (SSSR count). The minimum atomic E-state index is -0.0297. The van der Waals surface area contributed by atoms with Crippen molar-refractivity contribution in [2.24, 2.45) is 11.3 Å². The lowest BCUT2D eigenvalue weighted by atomic mass is 9.84. The van der Waals surface area contributed by atoms with Crippen molar-refractivity contribution < 1.29 is 4.79 Å². The number of pyridine rings is 1. The molecule has 2 N–H and O–H groups in total. The first kappa shape index (κ1) is 13.3. The van der Waals surface area contributed by atoms with Gasteiger partial charge in [0.1, 0.15) is 5.82 Å². The largest absolute Gasteiger partial charge is 0.368 e. The zero-order valence-electron chi connectivity index (χ0n) is 10.9. The Kier molecular flexibility index (Phi) is 3.61. The second-order valence-electron chi connectivity index (χ2n) is 5.88. The van der Waals surface area contributed by atoms with Gasteiger partial charge in [0.15, 0.2) is 0 Å². The Morgan fingerprint density at radius 2 is 2.22 bits per heavy atom. The molecule has 0 aliphatic carbocycles. The number of carbonyl (C=O) groups is 1. The maximum atomic E-state index is 12.2. The minimum Gasteiger partial charge on any atom is -0.368 e. The molecule has 0 saturated heterocycles. The fourth-order valence-corrected chi connectivity index (χ4v) is 2.46. The Morgan fingerprint density at radius 1 is 1.50 bits per heavy atom. The van der Waals surface area contributed by atoms with Gasteiger partial charge in [0.2, 0.25) is 5.91 Å². The van der Waals surface area contributed by atoms with Gasteiger partial charge in [-0.1, -0.05) is 20.8 Å². The van der Waals surface area contributed by atoms with Crippen molar-refractivity contribution in [1.82, 2.24) is 4.98 Å². The van der Waals surface area contributed by atoms with E-state index in [-0.39, 0.29) is 17.2 Å². The number of amides is 1. The summed E-state index contributed by atoms with van der Waals surface area (Å²) in [5, 5.41) is 6.18. The molecule has 98 valence electrons. The molecule has 0 spiro atoms. The fourth-order valence-electron chi connectivity index (χ4n) is 2.13. The SMILES string of the molecule is CC(C)(C)CC1CNc2ncc(Br)cc2NC1=O. The van der Waals surface area contributed by atoms with Crippen LogP contribution >= 0.6 is 15.9 Å². The van der Waals surface area contributed by atoms with Gasteiger partial charge >= 0.3 is 0 Å². The summed E-state index contributed by atoms with van der Waals surface area (Å²) < 4.78 is 0.859. The van der Waals surface area contributed by atoms with Crippen LogP contribution in [0.25, 0.3) is 0 Å². The number of carbonyl (C=O) groups excluding carboxylic acids is 1. The Bertz CT molecular complexity index is 468. The van der Waals surface area contributed by atoms with Gasteiger partial charge in [0.25, 0.3) is 0 Å². The molecule has 0 bridgehead atoms. The van der Waals surface area contributed by atoms with Gasteiger partial charge in [0.05, 0.1) is 11.6 Å². The predicted octanol–water partition coefficient (Wildman–Crippen LogP) is 3.26. The van der Waals surface area contributed by atoms with Crippen molar-refractivity contribution in [3.8, 4) is 0 Å². The van der Waals surface area contributed by atoms with Crippen LogP contribution in [0.1, 0.15) is 27.2 Å². The van der Waals surface area contributed by atoms with E-state index in [1.165, 1.54) is 0 Å². The van der Waals surface area contributed by atoms with Crippen LogP contribution in [0, 0.1) is 11.3 Å². The molecule has 2 heterocycles. The summed E-state index contributed by atoms with van der Waals surface area (Å²) >= 11 is 3.36. The van der Waals surface area contributed by atoms with E-state index in [2.05, 4.69) is 52.3 Å². The molecular formula is C13H18BrN3O. The number of nitrogens with zero attached hydrogens (tertiary/aromatic N) is 1. The van der Waals surface area contributed by atoms with Crippen molar-refractivity contribution in [3.63, 3.8) is 0 Å². The summed E-state index contributed by atoms with van der Waals surface area (Å²) in [6, 6.07) is 1.87. The van der Waals surface area contributed by atoms with Gasteiger partial charge in [-0.25, -0.2) is 4.98 Å². The number of hydrogen-bond donors (Lipinski definition) is 2. The molecule has 1 aromatic rings. The van der Waals surface area contributed by atoms with E-state index >= 15 is 0 Å². The Balaban J connectivity index is 2.19. The molecule has 1 unspecified atom stereocenters. The lowest BCUT2D eigenvalue weighted by molar-refractivity contribution is -0.120. The van der Waals surface area contributed by atoms with E-state index in [0.717, 1.165) is 22.4 Å². The van der Waals surface area contributed by atoms with E-state index in [9.17, 15) is 4.79 Å². The molecule has 0 saturated carbocycles. The maximum Gasteiger partial charge on any atom is 0.229 e. The Labute approximate surface area is 116 Å². The molecule has 1 aliphatic rings. The van der Waals surface area contributed by atoms with Crippen LogP contribution in [0.2, 0.25) is 0 Å². The molecule has 0 aromatic carbocycles. The summed E-state index contributed by atoms with van der Waals surface area (Å²) in [5.74, 6) is 0.775. The zero-order valence-corrected chi connectivity index (χ0v) is 12.5. The topological polar surface area (TPSA) is 54.0 Å². The third-order valence-electron chi connectivity index (χ3n) is 2.86. The number of halogens is 1. The van der Waals surface area contributed by atoms with Crippen molar-refractivity contribution >= 4 is 33.3 Å². The molecule has 0 fully saturated rings. The standard InChI is InChI=1S/C13H18BrN3O/c1-13(2,3)5-8-6-15-11-10(17-12(8)18)4-9(14)7-16-11/h4,7-8H,5-6H2,1-3H3,(H,15,16)(H,17,18). The van der Waals surface area contributed by atoms with Gasteiger partial charge in [-0.15, -0.1) is 0 Å². The zero-order chi connectivity index (χ0) is 13.3. The summed E-state index contributed by atoms with van der Waals surface area (Å²) in [7, 11) is 0. The summed E-state index contributed by atoms with van der Waals surface area (Å²) in [4.78, 5) is 16.4. The van der Waals surface area contributed by atoms with E-state index in [1.807, 2.05) is 6.07 Å². The Morgan fingerprint density at radius 3 is 2.89 bits per heavy atom. The van der Waals surface area contributed by atoms with Crippen LogP contribution in [0.4, 0.5) is 11.5 Å². The molecule has 18 heavy (non-hydrogen) atoms. The molecule has 1 aromatic heterocycles. The highest BCUT2D eigenvalue weighted by Crippen LogP contribution is 2.30. The second-order valence-corrected chi connectivity index (χ2v) is 6.80. The minimum absolute atomic E-state index is 0.0297. The lowest BCUT2D eigenvalue weighted by Crippen LogP contribution is -2.29. The van der Waals surface area contributed by atoms with Gasteiger partial charge < -0.3 is 10.6 Å². The smallest absolute Gasteiger partial charge is 0.229 e. The first-order valence-corrected chi connectivity index (χ1v) is 6.85. The number of nitrogens with one attached hydrogen (secondary N) is 2. The van der Waals surface area contributed by atoms with Gasteiger partial charge in [-0.2, -0.15) is 0 Å². The van der Waals surface area contributed by atoms with Crippen LogP contribution in [0.3, 0.4) is 0 Å². The monoisotopic (exact) mass is 311 g/mol. The van der Waals surface area contributed by atoms with E-state index in [0.29, 0.717) is 6.54 Å². The van der Waals surface area contributed by atoms with E-state index in [1.54, 1.807) is 6.20 Å². The highest BCUT2D eigenvalue weighted by Gasteiger charge is 2.28. The van der Waals surface area contributed by atoms with Crippen molar-refractivity contribution in [3.05, 3.63) is 16.7 Å². The highest BCUT2D eigenvalue weighted by atomic mass is 79.9. The molecule has 5 heteroatoms. The summed E-state index contributed by atoms with van der Waals surface area (Å²) in [6.45, 7) is 7.07. The normalized spacial score (nSPS) is 19.6. The third kappa shape index (κ3) is 3.22. The van der Waals surface area contributed by atoms with Gasteiger partial charge in [0, 0.05) is 17.2 Å². The number of fused-ring (bicyclic) bond motifs is 1. The molecular weight excluding hydrogens is 294 g/mol. The average Bonchev–Trinajstić information content (AvgIpc) is 2.37. The van der Waals surface area contributed by atoms with Crippen molar-refractivity contribution in [2.45, 2.75) is 27.2 Å². The van der Waals surface area contributed by atoms with Crippen molar-refractivity contribution in [2.75, 3.05) is 17.2 Å². The second kappa shape index (κ2) is 4.88. The van der Waals surface area contributed by atoms with Crippen LogP contribution in [0.5, 0.6) is 0 Å². The van der Waals surface area contributed by atoms with E-state index < -0.39 is 0 Å². The van der Waals surface area contributed by atoms with E-state index in [4.69, 9.17) is 0 Å². The number of rotatable bonds is 1. The summed E-state index contributed by atoms with van der Waals surface area (Å²) in [5.41, 5.74) is 0.875. The average molecular weight is 312 g/mol. The molecule has 0 radical (unpaired) electrons. The quantitative estimate of drug-likeness (QED) is 0.837. The molecule has 4 nitrogen and oxygen atoms in total. The Hall–Kier alpha value is -1.10. The summed E-state index contributed by atoms with van der Waals surface area (Å²) in [6.07, 6.45) is 2.57. The number of aromatic nitrogens is 1. The van der Waals surface area contributed by atoms with Crippen LogP contribution in [-0.2, 0) is 4.79 Å². The highest BCUT2D eigenvalue weighted by molar-refractivity contribution is 9.10. The predicted molar refractivity (Wildman–Crippen MR) is 76.6 cm³/mol. The lowest BCUT2D eigenvalue weighted by Gasteiger charge is -2.23. The number of anilines is 2. The van der Waals surface area contributed by atoms with Gasteiger partial charge in [-0.3, -0.25) is 4.79 Å². The molecule has 1 amide bonds. The van der Waals surface area contributed by atoms with Crippen LogP contribution in [0.15, 0.2) is 16.7 Å². The van der Waals surface area contributed by atoms with Crippen LogP contribution in [-0.4, -0.2) is 17.4 Å².